The molecule has 0 radical (unpaired) electrons. The van der Waals surface area contributed by atoms with Crippen LogP contribution in [0.1, 0.15) is 35.1 Å². The second-order valence-corrected chi connectivity index (χ2v) is 11.2. The van der Waals surface area contributed by atoms with Crippen molar-refractivity contribution in [2.24, 2.45) is 0 Å². The van der Waals surface area contributed by atoms with Crippen LogP contribution in [0.25, 0.3) is 0 Å². The van der Waals surface area contributed by atoms with E-state index in [2.05, 4.69) is 34.3 Å². The number of aryl methyl sites for hydroxylation is 2. The topological polar surface area (TPSA) is 70.9 Å². The Bertz CT molecular complexity index is 1490. The average molecular weight is 580 g/mol. The van der Waals surface area contributed by atoms with Gasteiger partial charge in [0.2, 0.25) is 5.91 Å². The Balaban J connectivity index is 1.43. The first-order valence-corrected chi connectivity index (χ1v) is 15.1. The van der Waals surface area contributed by atoms with E-state index in [0.29, 0.717) is 25.4 Å². The van der Waals surface area contributed by atoms with Crippen molar-refractivity contribution in [3.8, 4) is 5.75 Å². The molecule has 0 N–H and O–H groups in total. The van der Waals surface area contributed by atoms with Crippen LogP contribution in [0.3, 0.4) is 0 Å². The lowest BCUT2D eigenvalue weighted by Crippen LogP contribution is -2.41. The summed E-state index contributed by atoms with van der Waals surface area (Å²) in [5, 5.41) is 4.35. The minimum atomic E-state index is -0.101. The van der Waals surface area contributed by atoms with E-state index in [1.807, 2.05) is 84.4 Å². The minimum Gasteiger partial charge on any atom is -0.484 e. The number of para-hydroxylation sites is 2. The fourth-order valence-corrected chi connectivity index (χ4v) is 5.67. The molecule has 4 aromatic rings. The molecule has 43 heavy (non-hydrogen) atoms. The molecular formula is C35H41N5O3. The highest BCUT2D eigenvalue weighted by atomic mass is 16.5. The molecule has 3 aromatic carbocycles. The maximum absolute atomic E-state index is 13.8. The summed E-state index contributed by atoms with van der Waals surface area (Å²) in [6.45, 7) is 8.21. The van der Waals surface area contributed by atoms with E-state index in [1.165, 1.54) is 5.56 Å². The second-order valence-electron chi connectivity index (χ2n) is 11.2. The third-order valence-electron chi connectivity index (χ3n) is 7.78. The van der Waals surface area contributed by atoms with Crippen molar-refractivity contribution in [2.45, 2.75) is 46.3 Å². The lowest BCUT2D eigenvalue weighted by molar-refractivity contribution is -0.132. The summed E-state index contributed by atoms with van der Waals surface area (Å²) in [7, 11) is 0. The molecule has 224 valence electrons. The van der Waals surface area contributed by atoms with Gasteiger partial charge in [0.05, 0.1) is 11.9 Å². The summed E-state index contributed by atoms with van der Waals surface area (Å²) in [6.07, 6.45) is 5.33. The first-order chi connectivity index (χ1) is 21.0. The zero-order valence-electron chi connectivity index (χ0n) is 25.2. The third kappa shape index (κ3) is 8.32. The smallest absolute Gasteiger partial charge is 0.264 e. The summed E-state index contributed by atoms with van der Waals surface area (Å²) >= 11 is 0. The zero-order valence-corrected chi connectivity index (χ0v) is 25.2. The van der Waals surface area contributed by atoms with Crippen molar-refractivity contribution in [3.63, 3.8) is 0 Å². The van der Waals surface area contributed by atoms with E-state index >= 15 is 0 Å². The zero-order chi connectivity index (χ0) is 30.0. The molecule has 0 fully saturated rings. The largest absolute Gasteiger partial charge is 0.484 e. The van der Waals surface area contributed by atoms with Crippen molar-refractivity contribution in [1.29, 1.82) is 0 Å². The van der Waals surface area contributed by atoms with Crippen LogP contribution in [0, 0.1) is 13.8 Å². The highest BCUT2D eigenvalue weighted by Crippen LogP contribution is 2.28. The Kier molecular flexibility index (Phi) is 10.2. The van der Waals surface area contributed by atoms with Gasteiger partial charge < -0.3 is 14.5 Å². The quantitative estimate of drug-likeness (QED) is 0.300. The molecule has 1 aliphatic rings. The average Bonchev–Trinajstić information content (AvgIpc) is 3.42. The van der Waals surface area contributed by atoms with Gasteiger partial charge in [-0.1, -0.05) is 66.7 Å². The Labute approximate surface area is 254 Å². The van der Waals surface area contributed by atoms with E-state index in [1.54, 1.807) is 10.9 Å². The molecule has 0 unspecified atom stereocenters. The molecule has 2 amide bonds. The van der Waals surface area contributed by atoms with Gasteiger partial charge in [0.25, 0.3) is 5.91 Å². The highest BCUT2D eigenvalue weighted by molar-refractivity contribution is 5.96. The Morgan fingerprint density at radius 3 is 2.26 bits per heavy atom. The van der Waals surface area contributed by atoms with E-state index < -0.39 is 0 Å². The number of fused-ring (bicyclic) bond motifs is 1. The third-order valence-corrected chi connectivity index (χ3v) is 7.78. The van der Waals surface area contributed by atoms with Crippen molar-refractivity contribution in [3.05, 3.63) is 114 Å². The summed E-state index contributed by atoms with van der Waals surface area (Å²) in [6, 6.07) is 26.0. The number of nitrogens with zero attached hydrogens (tertiary/aromatic N) is 5. The minimum absolute atomic E-state index is 0.00696. The van der Waals surface area contributed by atoms with E-state index in [0.717, 1.165) is 54.9 Å². The standard InChI is InChI=1S/C35H41N5O3/c1-28-22-36-39(23-28)26-33(41)38-20-10-18-37(24-30-13-5-3-6-14-30)19-11-21-40(35-29(2)12-9-15-31(35)25-38)34(42)27-43-32-16-7-4-8-17-32/h3-9,12-17,22-23H,10-11,18-21,24-27H2,1-2H3. The molecule has 0 bridgehead atoms. The Morgan fingerprint density at radius 1 is 0.814 bits per heavy atom. The van der Waals surface area contributed by atoms with E-state index in [-0.39, 0.29) is 25.0 Å². The number of amides is 2. The number of carbonyl (C=O) groups is 2. The van der Waals surface area contributed by atoms with E-state index in [9.17, 15) is 9.59 Å². The van der Waals surface area contributed by atoms with Crippen LogP contribution in [-0.2, 0) is 29.2 Å². The number of rotatable bonds is 7. The number of ether oxygens (including phenoxy) is 1. The predicted molar refractivity (Wildman–Crippen MR) is 169 cm³/mol. The molecule has 0 aliphatic carbocycles. The monoisotopic (exact) mass is 579 g/mol. The van der Waals surface area contributed by atoms with Crippen molar-refractivity contribution >= 4 is 17.5 Å². The van der Waals surface area contributed by atoms with Gasteiger partial charge >= 0.3 is 0 Å². The van der Waals surface area contributed by atoms with Gasteiger partial charge in [-0.2, -0.15) is 5.10 Å². The number of carbonyl (C=O) groups excluding carboxylic acids is 2. The van der Waals surface area contributed by atoms with Gasteiger partial charge in [-0.3, -0.25) is 19.2 Å². The molecule has 1 aromatic heterocycles. The van der Waals surface area contributed by atoms with Gasteiger partial charge in [0.1, 0.15) is 12.3 Å². The molecule has 0 saturated carbocycles. The van der Waals surface area contributed by atoms with E-state index in [4.69, 9.17) is 4.74 Å². The van der Waals surface area contributed by atoms with Crippen molar-refractivity contribution in [1.82, 2.24) is 19.6 Å². The molecular weight excluding hydrogens is 538 g/mol. The molecule has 8 heteroatoms. The van der Waals surface area contributed by atoms with Crippen LogP contribution in [0.15, 0.2) is 91.3 Å². The van der Waals surface area contributed by atoms with Crippen molar-refractivity contribution in [2.75, 3.05) is 37.7 Å². The Morgan fingerprint density at radius 2 is 1.53 bits per heavy atom. The van der Waals surface area contributed by atoms with Crippen LogP contribution < -0.4 is 9.64 Å². The lowest BCUT2D eigenvalue weighted by atomic mass is 10.0. The highest BCUT2D eigenvalue weighted by Gasteiger charge is 2.25. The summed E-state index contributed by atoms with van der Waals surface area (Å²) in [5.74, 6) is 0.568. The summed E-state index contributed by atoms with van der Waals surface area (Å²) in [4.78, 5) is 33.7. The molecule has 0 spiro atoms. The Hall–Kier alpha value is -4.43. The summed E-state index contributed by atoms with van der Waals surface area (Å²) in [5.41, 5.74) is 5.10. The molecule has 1 aliphatic heterocycles. The van der Waals surface area contributed by atoms with Crippen LogP contribution >= 0.6 is 0 Å². The van der Waals surface area contributed by atoms with Crippen molar-refractivity contribution < 1.29 is 14.3 Å². The fourth-order valence-electron chi connectivity index (χ4n) is 5.67. The molecule has 8 nitrogen and oxygen atoms in total. The number of aromatic nitrogens is 2. The SMILES string of the molecule is Cc1cnn(CC(=O)N2CCCN(Cc3ccccc3)CCCN(C(=O)COc3ccccc3)c3c(C)cccc3C2)c1. The van der Waals surface area contributed by atoms with Gasteiger partial charge in [-0.05, 0) is 61.1 Å². The molecule has 0 saturated heterocycles. The van der Waals surface area contributed by atoms with Gasteiger partial charge in [-0.15, -0.1) is 0 Å². The van der Waals surface area contributed by atoms with Gasteiger partial charge in [0.15, 0.2) is 6.61 Å². The molecule has 5 rings (SSSR count). The van der Waals surface area contributed by atoms with Crippen LogP contribution in [0.4, 0.5) is 5.69 Å². The number of hydrogen-bond donors (Lipinski definition) is 0. The first kappa shape index (κ1) is 30.0. The number of benzene rings is 3. The maximum Gasteiger partial charge on any atom is 0.264 e. The summed E-state index contributed by atoms with van der Waals surface area (Å²) < 4.78 is 7.60. The molecule has 2 heterocycles. The van der Waals surface area contributed by atoms with Gasteiger partial charge in [0, 0.05) is 45.5 Å². The van der Waals surface area contributed by atoms with Crippen LogP contribution in [0.2, 0.25) is 0 Å². The van der Waals surface area contributed by atoms with Crippen LogP contribution in [0.5, 0.6) is 5.75 Å². The second kappa shape index (κ2) is 14.6. The normalized spacial score (nSPS) is 14.8. The van der Waals surface area contributed by atoms with Gasteiger partial charge in [-0.25, -0.2) is 0 Å². The number of anilines is 1. The number of hydrogen-bond acceptors (Lipinski definition) is 5. The predicted octanol–water partition coefficient (Wildman–Crippen LogP) is 5.24. The lowest BCUT2D eigenvalue weighted by Gasteiger charge is -2.32. The first-order valence-electron chi connectivity index (χ1n) is 15.1. The molecule has 0 atom stereocenters. The maximum atomic E-state index is 13.8. The fraction of sp³-hybridized carbons (Fsp3) is 0.343. The van der Waals surface area contributed by atoms with Crippen LogP contribution in [-0.4, -0.2) is 64.2 Å².